The van der Waals surface area contributed by atoms with Crippen LogP contribution in [0.1, 0.15) is 49.7 Å². The molecule has 1 aromatic rings. The second-order valence-corrected chi connectivity index (χ2v) is 4.42. The van der Waals surface area contributed by atoms with Crippen LogP contribution in [0.4, 0.5) is 0 Å². The SMILES string of the molecule is C=CCC(C#CCCCC)c1cccc(C)c1. The van der Waals surface area contributed by atoms with Crippen LogP contribution in [0.2, 0.25) is 0 Å². The Morgan fingerprint density at radius 3 is 2.88 bits per heavy atom. The molecular formula is C17H22. The number of allylic oxidation sites excluding steroid dienone is 1. The van der Waals surface area contributed by atoms with Crippen molar-refractivity contribution in [1.82, 2.24) is 0 Å². The fourth-order valence-electron chi connectivity index (χ4n) is 1.79. The number of rotatable bonds is 5. The summed E-state index contributed by atoms with van der Waals surface area (Å²) in [6.45, 7) is 8.15. The summed E-state index contributed by atoms with van der Waals surface area (Å²) in [5.74, 6) is 6.98. The average Bonchev–Trinajstić information content (AvgIpc) is 2.33. The highest BCUT2D eigenvalue weighted by Gasteiger charge is 2.05. The van der Waals surface area contributed by atoms with Gasteiger partial charge >= 0.3 is 0 Å². The second kappa shape index (κ2) is 7.74. The third-order valence-electron chi connectivity index (χ3n) is 2.78. The van der Waals surface area contributed by atoms with Crippen LogP contribution in [-0.2, 0) is 0 Å². The molecule has 0 aromatic heterocycles. The van der Waals surface area contributed by atoms with Gasteiger partial charge in [-0.3, -0.25) is 0 Å². The lowest BCUT2D eigenvalue weighted by Crippen LogP contribution is -1.94. The van der Waals surface area contributed by atoms with E-state index in [9.17, 15) is 0 Å². The van der Waals surface area contributed by atoms with E-state index >= 15 is 0 Å². The Bertz CT molecular complexity index is 404. The van der Waals surface area contributed by atoms with Gasteiger partial charge in [0.25, 0.3) is 0 Å². The van der Waals surface area contributed by atoms with Crippen molar-refractivity contribution in [3.63, 3.8) is 0 Å². The molecule has 0 fully saturated rings. The van der Waals surface area contributed by atoms with E-state index < -0.39 is 0 Å². The molecule has 0 bridgehead atoms. The summed E-state index contributed by atoms with van der Waals surface area (Å²) in [4.78, 5) is 0. The summed E-state index contributed by atoms with van der Waals surface area (Å²) < 4.78 is 0. The molecule has 0 N–H and O–H groups in total. The molecule has 0 aliphatic heterocycles. The van der Waals surface area contributed by atoms with Crippen molar-refractivity contribution in [3.05, 3.63) is 48.0 Å². The summed E-state index contributed by atoms with van der Waals surface area (Å²) in [6.07, 6.45) is 6.31. The largest absolute Gasteiger partial charge is 0.103 e. The maximum Gasteiger partial charge on any atom is 0.0486 e. The normalized spacial score (nSPS) is 11.4. The third kappa shape index (κ3) is 4.91. The molecule has 0 heterocycles. The van der Waals surface area contributed by atoms with Crippen molar-refractivity contribution in [1.29, 1.82) is 0 Å². The lowest BCUT2D eigenvalue weighted by Gasteiger charge is -2.09. The van der Waals surface area contributed by atoms with Gasteiger partial charge in [-0.1, -0.05) is 55.2 Å². The fraction of sp³-hybridized carbons (Fsp3) is 0.412. The van der Waals surface area contributed by atoms with E-state index in [1.54, 1.807) is 0 Å². The molecule has 0 aliphatic rings. The minimum Gasteiger partial charge on any atom is -0.103 e. The predicted molar refractivity (Wildman–Crippen MR) is 76.0 cm³/mol. The Kier molecular flexibility index (Phi) is 6.18. The summed E-state index contributed by atoms with van der Waals surface area (Å²) in [6, 6.07) is 8.62. The first-order valence-electron chi connectivity index (χ1n) is 6.43. The van der Waals surface area contributed by atoms with Gasteiger partial charge in [-0.25, -0.2) is 0 Å². The van der Waals surface area contributed by atoms with Crippen molar-refractivity contribution in [3.8, 4) is 11.8 Å². The zero-order valence-electron chi connectivity index (χ0n) is 11.0. The molecule has 90 valence electrons. The molecule has 0 radical (unpaired) electrons. The summed E-state index contributed by atoms with van der Waals surface area (Å²) >= 11 is 0. The summed E-state index contributed by atoms with van der Waals surface area (Å²) in [5.41, 5.74) is 2.61. The first kappa shape index (κ1) is 13.6. The first-order chi connectivity index (χ1) is 8.27. The van der Waals surface area contributed by atoms with Crippen LogP contribution in [0.15, 0.2) is 36.9 Å². The Balaban J connectivity index is 2.76. The Hall–Kier alpha value is -1.48. The molecule has 1 aromatic carbocycles. The monoisotopic (exact) mass is 226 g/mol. The van der Waals surface area contributed by atoms with Crippen molar-refractivity contribution in [2.24, 2.45) is 0 Å². The Morgan fingerprint density at radius 1 is 1.41 bits per heavy atom. The van der Waals surface area contributed by atoms with Gasteiger partial charge in [0.05, 0.1) is 0 Å². The van der Waals surface area contributed by atoms with Gasteiger partial charge in [0, 0.05) is 12.3 Å². The molecule has 0 amide bonds. The number of benzene rings is 1. The van der Waals surface area contributed by atoms with Crippen molar-refractivity contribution >= 4 is 0 Å². The molecule has 0 nitrogen and oxygen atoms in total. The van der Waals surface area contributed by atoms with E-state index in [-0.39, 0.29) is 0 Å². The summed E-state index contributed by atoms with van der Waals surface area (Å²) in [7, 11) is 0. The Morgan fingerprint density at radius 2 is 2.24 bits per heavy atom. The quantitative estimate of drug-likeness (QED) is 0.382. The zero-order chi connectivity index (χ0) is 12.5. The smallest absolute Gasteiger partial charge is 0.0486 e. The molecule has 1 unspecified atom stereocenters. The lowest BCUT2D eigenvalue weighted by atomic mass is 9.95. The van der Waals surface area contributed by atoms with Gasteiger partial charge in [0.15, 0.2) is 0 Å². The highest BCUT2D eigenvalue weighted by atomic mass is 14.1. The molecular weight excluding hydrogens is 204 g/mol. The molecule has 0 saturated heterocycles. The van der Waals surface area contributed by atoms with Crippen molar-refractivity contribution in [2.45, 2.75) is 45.4 Å². The predicted octanol–water partition coefficient (Wildman–Crippen LogP) is 4.85. The molecule has 1 rings (SSSR count). The zero-order valence-corrected chi connectivity index (χ0v) is 11.0. The second-order valence-electron chi connectivity index (χ2n) is 4.42. The highest BCUT2D eigenvalue weighted by Crippen LogP contribution is 2.20. The maximum absolute atomic E-state index is 3.83. The van der Waals surface area contributed by atoms with Gasteiger partial charge in [0.1, 0.15) is 0 Å². The van der Waals surface area contributed by atoms with Crippen LogP contribution in [-0.4, -0.2) is 0 Å². The fourth-order valence-corrected chi connectivity index (χ4v) is 1.79. The number of unbranched alkanes of at least 4 members (excludes halogenated alkanes) is 2. The van der Waals surface area contributed by atoms with Crippen LogP contribution in [0, 0.1) is 18.8 Å². The van der Waals surface area contributed by atoms with Gasteiger partial charge in [0.2, 0.25) is 0 Å². The minimum atomic E-state index is 0.309. The number of hydrogen-bond acceptors (Lipinski definition) is 0. The van der Waals surface area contributed by atoms with Gasteiger partial charge in [-0.2, -0.15) is 0 Å². The topological polar surface area (TPSA) is 0 Å². The molecule has 0 saturated carbocycles. The van der Waals surface area contributed by atoms with E-state index in [0.29, 0.717) is 5.92 Å². The molecule has 0 aliphatic carbocycles. The molecule has 0 spiro atoms. The first-order valence-corrected chi connectivity index (χ1v) is 6.43. The van der Waals surface area contributed by atoms with Crippen LogP contribution in [0.5, 0.6) is 0 Å². The van der Waals surface area contributed by atoms with Crippen molar-refractivity contribution in [2.75, 3.05) is 0 Å². The van der Waals surface area contributed by atoms with Crippen molar-refractivity contribution < 1.29 is 0 Å². The maximum atomic E-state index is 3.83. The Labute approximate surface area is 106 Å². The minimum absolute atomic E-state index is 0.309. The number of hydrogen-bond donors (Lipinski definition) is 0. The number of aryl methyl sites for hydroxylation is 1. The third-order valence-corrected chi connectivity index (χ3v) is 2.78. The van der Waals surface area contributed by atoms with E-state index in [1.807, 2.05) is 6.08 Å². The standard InChI is InChI=1S/C17H22/c1-4-6-7-8-12-16(10-5-2)17-13-9-11-15(3)14-17/h5,9,11,13-14,16H,2,4,6-7,10H2,1,3H3. The van der Waals surface area contributed by atoms with Crippen LogP contribution < -0.4 is 0 Å². The van der Waals surface area contributed by atoms with Gasteiger partial charge < -0.3 is 0 Å². The van der Waals surface area contributed by atoms with Crippen LogP contribution in [0.25, 0.3) is 0 Å². The summed E-state index contributed by atoms with van der Waals surface area (Å²) in [5, 5.41) is 0. The van der Waals surface area contributed by atoms with Crippen LogP contribution >= 0.6 is 0 Å². The van der Waals surface area contributed by atoms with E-state index in [2.05, 4.69) is 56.5 Å². The molecule has 1 atom stereocenters. The highest BCUT2D eigenvalue weighted by molar-refractivity contribution is 5.31. The molecule has 17 heavy (non-hydrogen) atoms. The average molecular weight is 226 g/mol. The van der Waals surface area contributed by atoms with Gasteiger partial charge in [-0.05, 0) is 25.3 Å². The van der Waals surface area contributed by atoms with Gasteiger partial charge in [-0.15, -0.1) is 12.5 Å². The van der Waals surface area contributed by atoms with E-state index in [0.717, 1.165) is 12.8 Å². The van der Waals surface area contributed by atoms with E-state index in [4.69, 9.17) is 0 Å². The van der Waals surface area contributed by atoms with Crippen LogP contribution in [0.3, 0.4) is 0 Å². The lowest BCUT2D eigenvalue weighted by molar-refractivity contribution is 0.823. The molecule has 0 heteroatoms. The van der Waals surface area contributed by atoms with E-state index in [1.165, 1.54) is 24.0 Å².